The van der Waals surface area contributed by atoms with Crippen molar-refractivity contribution in [2.24, 2.45) is 0 Å². The molecule has 4 nitrogen and oxygen atoms in total. The van der Waals surface area contributed by atoms with Crippen LogP contribution in [0, 0.1) is 6.92 Å². The first-order valence-corrected chi connectivity index (χ1v) is 5.11. The highest BCUT2D eigenvalue weighted by atomic mass is 32.1. The number of aryl methyl sites for hydroxylation is 1. The van der Waals surface area contributed by atoms with Crippen LogP contribution < -0.4 is 5.32 Å². The summed E-state index contributed by atoms with van der Waals surface area (Å²) < 4.78 is 0. The van der Waals surface area contributed by atoms with Crippen molar-refractivity contribution in [2.45, 2.75) is 6.92 Å². The Kier molecular flexibility index (Phi) is 2.41. The van der Waals surface area contributed by atoms with Crippen molar-refractivity contribution < 1.29 is 0 Å². The fourth-order valence-electron chi connectivity index (χ4n) is 1.12. The monoisotopic (exact) mass is 206 g/mol. The summed E-state index contributed by atoms with van der Waals surface area (Å²) in [6, 6.07) is 2.05. The van der Waals surface area contributed by atoms with E-state index in [1.165, 1.54) is 5.56 Å². The van der Waals surface area contributed by atoms with E-state index in [1.54, 1.807) is 17.5 Å². The van der Waals surface area contributed by atoms with E-state index in [4.69, 9.17) is 0 Å². The van der Waals surface area contributed by atoms with Gasteiger partial charge < -0.3 is 5.32 Å². The predicted molar refractivity (Wildman–Crippen MR) is 57.4 cm³/mol. The molecular weight excluding hydrogens is 196 g/mol. The summed E-state index contributed by atoms with van der Waals surface area (Å²) in [7, 11) is 1.81. The second-order valence-electron chi connectivity index (χ2n) is 2.85. The first-order chi connectivity index (χ1) is 6.81. The molecule has 2 rings (SSSR count). The standard InChI is InChI=1S/C9H10N4S/c1-6-3-4-14-8(6)9-12-7(10-2)5-11-13-9/h3-5H,1-2H3,(H,10,12,13). The Morgan fingerprint density at radius 3 is 2.93 bits per heavy atom. The quantitative estimate of drug-likeness (QED) is 0.816. The Morgan fingerprint density at radius 1 is 1.43 bits per heavy atom. The Bertz CT molecular complexity index is 438. The van der Waals surface area contributed by atoms with Gasteiger partial charge >= 0.3 is 0 Å². The van der Waals surface area contributed by atoms with Gasteiger partial charge in [-0.1, -0.05) is 0 Å². The molecule has 0 saturated carbocycles. The molecule has 0 aromatic carbocycles. The minimum absolute atomic E-state index is 0.685. The van der Waals surface area contributed by atoms with Gasteiger partial charge in [0.1, 0.15) is 5.82 Å². The Balaban J connectivity index is 2.47. The van der Waals surface area contributed by atoms with Crippen molar-refractivity contribution in [3.05, 3.63) is 23.2 Å². The minimum Gasteiger partial charge on any atom is -0.372 e. The summed E-state index contributed by atoms with van der Waals surface area (Å²) in [6.07, 6.45) is 1.60. The van der Waals surface area contributed by atoms with Gasteiger partial charge in [0.2, 0.25) is 0 Å². The van der Waals surface area contributed by atoms with E-state index in [1.807, 2.05) is 19.4 Å². The lowest BCUT2D eigenvalue weighted by Crippen LogP contribution is -1.97. The van der Waals surface area contributed by atoms with Crippen LogP contribution in [0.25, 0.3) is 10.7 Å². The second kappa shape index (κ2) is 3.71. The van der Waals surface area contributed by atoms with Gasteiger partial charge in [-0.2, -0.15) is 5.10 Å². The highest BCUT2D eigenvalue weighted by molar-refractivity contribution is 7.13. The maximum Gasteiger partial charge on any atom is 0.194 e. The number of hydrogen-bond acceptors (Lipinski definition) is 5. The number of anilines is 1. The van der Waals surface area contributed by atoms with Crippen LogP contribution in [0.4, 0.5) is 5.82 Å². The van der Waals surface area contributed by atoms with Crippen LogP contribution >= 0.6 is 11.3 Å². The van der Waals surface area contributed by atoms with Gasteiger partial charge in [0, 0.05) is 7.05 Å². The van der Waals surface area contributed by atoms with Crippen molar-refractivity contribution in [1.29, 1.82) is 0 Å². The molecule has 0 radical (unpaired) electrons. The van der Waals surface area contributed by atoms with Gasteiger partial charge in [-0.25, -0.2) is 4.98 Å². The molecule has 5 heteroatoms. The number of nitrogens with one attached hydrogen (secondary N) is 1. The maximum atomic E-state index is 4.32. The zero-order valence-corrected chi connectivity index (χ0v) is 8.80. The minimum atomic E-state index is 0.685. The van der Waals surface area contributed by atoms with E-state index >= 15 is 0 Å². The number of aromatic nitrogens is 3. The Labute approximate surface area is 86.0 Å². The molecular formula is C9H10N4S. The van der Waals surface area contributed by atoms with Crippen LogP contribution in [0.3, 0.4) is 0 Å². The van der Waals surface area contributed by atoms with Crippen LogP contribution in [0.1, 0.15) is 5.56 Å². The molecule has 0 aliphatic heterocycles. The van der Waals surface area contributed by atoms with E-state index in [0.29, 0.717) is 5.82 Å². The second-order valence-corrected chi connectivity index (χ2v) is 3.76. The zero-order valence-electron chi connectivity index (χ0n) is 7.98. The predicted octanol–water partition coefficient (Wildman–Crippen LogP) is 1.95. The van der Waals surface area contributed by atoms with Crippen molar-refractivity contribution >= 4 is 17.2 Å². The van der Waals surface area contributed by atoms with Crippen molar-refractivity contribution in [3.8, 4) is 10.7 Å². The number of thiophene rings is 1. The molecule has 0 bridgehead atoms. The third-order valence-electron chi connectivity index (χ3n) is 1.88. The topological polar surface area (TPSA) is 50.7 Å². The van der Waals surface area contributed by atoms with Gasteiger partial charge in [-0.3, -0.25) is 0 Å². The van der Waals surface area contributed by atoms with Gasteiger partial charge in [0.15, 0.2) is 5.82 Å². The highest BCUT2D eigenvalue weighted by Crippen LogP contribution is 2.25. The van der Waals surface area contributed by atoms with Gasteiger partial charge in [-0.05, 0) is 23.9 Å². The van der Waals surface area contributed by atoms with Crippen molar-refractivity contribution in [2.75, 3.05) is 12.4 Å². The molecule has 2 aromatic rings. The van der Waals surface area contributed by atoms with E-state index in [0.717, 1.165) is 10.7 Å². The fraction of sp³-hybridized carbons (Fsp3) is 0.222. The summed E-state index contributed by atoms with van der Waals surface area (Å²) in [5, 5.41) is 12.9. The fourth-order valence-corrected chi connectivity index (χ4v) is 1.98. The molecule has 0 spiro atoms. The lowest BCUT2D eigenvalue weighted by Gasteiger charge is -2.00. The van der Waals surface area contributed by atoms with Gasteiger partial charge in [-0.15, -0.1) is 16.4 Å². The summed E-state index contributed by atoms with van der Waals surface area (Å²) in [6.45, 7) is 2.04. The molecule has 1 N–H and O–H groups in total. The average molecular weight is 206 g/mol. The third-order valence-corrected chi connectivity index (χ3v) is 2.89. The SMILES string of the molecule is CNc1cnnc(-c2sccc2C)n1. The molecule has 14 heavy (non-hydrogen) atoms. The maximum absolute atomic E-state index is 4.32. The summed E-state index contributed by atoms with van der Waals surface area (Å²) in [5.74, 6) is 1.42. The van der Waals surface area contributed by atoms with Crippen LogP contribution in [0.15, 0.2) is 17.6 Å². The Morgan fingerprint density at radius 2 is 2.29 bits per heavy atom. The smallest absolute Gasteiger partial charge is 0.194 e. The average Bonchev–Trinajstić information content (AvgIpc) is 2.65. The third kappa shape index (κ3) is 1.58. The molecule has 0 amide bonds. The molecule has 2 aromatic heterocycles. The first-order valence-electron chi connectivity index (χ1n) is 4.23. The van der Waals surface area contributed by atoms with E-state index < -0.39 is 0 Å². The van der Waals surface area contributed by atoms with E-state index in [-0.39, 0.29) is 0 Å². The first kappa shape index (κ1) is 9.08. The normalized spacial score (nSPS) is 10.1. The molecule has 0 aliphatic rings. The van der Waals surface area contributed by atoms with E-state index in [2.05, 4.69) is 26.6 Å². The number of hydrogen-bond donors (Lipinski definition) is 1. The molecule has 0 atom stereocenters. The van der Waals surface area contributed by atoms with Crippen molar-refractivity contribution in [1.82, 2.24) is 15.2 Å². The Hall–Kier alpha value is -1.49. The molecule has 0 unspecified atom stereocenters. The van der Waals surface area contributed by atoms with Crippen LogP contribution in [-0.4, -0.2) is 22.2 Å². The lowest BCUT2D eigenvalue weighted by molar-refractivity contribution is 0.983. The molecule has 0 fully saturated rings. The zero-order chi connectivity index (χ0) is 9.97. The van der Waals surface area contributed by atoms with Crippen molar-refractivity contribution in [3.63, 3.8) is 0 Å². The summed E-state index contributed by atoms with van der Waals surface area (Å²) in [5.41, 5.74) is 1.19. The van der Waals surface area contributed by atoms with Gasteiger partial charge in [0.25, 0.3) is 0 Å². The van der Waals surface area contributed by atoms with Crippen LogP contribution in [0.2, 0.25) is 0 Å². The molecule has 0 saturated heterocycles. The summed E-state index contributed by atoms with van der Waals surface area (Å²) in [4.78, 5) is 5.40. The van der Waals surface area contributed by atoms with Crippen LogP contribution in [0.5, 0.6) is 0 Å². The highest BCUT2D eigenvalue weighted by Gasteiger charge is 2.07. The number of nitrogens with zero attached hydrogens (tertiary/aromatic N) is 3. The molecule has 72 valence electrons. The number of rotatable bonds is 2. The molecule has 0 aliphatic carbocycles. The summed E-state index contributed by atoms with van der Waals surface area (Å²) >= 11 is 1.63. The lowest BCUT2D eigenvalue weighted by atomic mass is 10.3. The van der Waals surface area contributed by atoms with Gasteiger partial charge in [0.05, 0.1) is 11.1 Å². The molecule has 2 heterocycles. The van der Waals surface area contributed by atoms with E-state index in [9.17, 15) is 0 Å². The largest absolute Gasteiger partial charge is 0.372 e. The van der Waals surface area contributed by atoms with Crippen LogP contribution in [-0.2, 0) is 0 Å².